The third-order valence-electron chi connectivity index (χ3n) is 2.45. The Morgan fingerprint density at radius 2 is 2.15 bits per heavy atom. The van der Waals surface area contributed by atoms with Gasteiger partial charge >= 0.3 is 0 Å². The Morgan fingerprint density at radius 3 is 2.54 bits per heavy atom. The predicted octanol–water partition coefficient (Wildman–Crippen LogP) is 0.555. The molecule has 0 saturated carbocycles. The zero-order chi connectivity index (χ0) is 9.84. The SMILES string of the molecule is CCN(CC)C(=O)[C@@H]1C[C@@H](F)CN1. The molecule has 0 aromatic rings. The molecular formula is C9H17FN2O. The predicted molar refractivity (Wildman–Crippen MR) is 49.2 cm³/mol. The third-order valence-corrected chi connectivity index (χ3v) is 2.45. The van der Waals surface area contributed by atoms with Crippen LogP contribution >= 0.6 is 0 Å². The lowest BCUT2D eigenvalue weighted by atomic mass is 10.2. The molecule has 13 heavy (non-hydrogen) atoms. The van der Waals surface area contributed by atoms with Crippen LogP contribution in [0.1, 0.15) is 20.3 Å². The molecule has 1 fully saturated rings. The van der Waals surface area contributed by atoms with E-state index >= 15 is 0 Å². The van der Waals surface area contributed by atoms with Crippen LogP contribution in [0.5, 0.6) is 0 Å². The van der Waals surface area contributed by atoms with Gasteiger partial charge in [0.05, 0.1) is 6.04 Å². The summed E-state index contributed by atoms with van der Waals surface area (Å²) in [6.45, 7) is 5.58. The number of hydrogen-bond acceptors (Lipinski definition) is 2. The number of carbonyl (C=O) groups is 1. The molecule has 0 unspecified atom stereocenters. The van der Waals surface area contributed by atoms with Crippen LogP contribution in [0.3, 0.4) is 0 Å². The lowest BCUT2D eigenvalue weighted by Gasteiger charge is -2.22. The molecular weight excluding hydrogens is 171 g/mol. The lowest BCUT2D eigenvalue weighted by molar-refractivity contribution is -0.132. The minimum Gasteiger partial charge on any atom is -0.342 e. The van der Waals surface area contributed by atoms with Crippen molar-refractivity contribution in [1.82, 2.24) is 10.2 Å². The van der Waals surface area contributed by atoms with Gasteiger partial charge in [-0.15, -0.1) is 0 Å². The van der Waals surface area contributed by atoms with Gasteiger partial charge in [0.25, 0.3) is 0 Å². The largest absolute Gasteiger partial charge is 0.342 e. The van der Waals surface area contributed by atoms with Gasteiger partial charge in [-0.05, 0) is 13.8 Å². The zero-order valence-corrected chi connectivity index (χ0v) is 8.22. The molecule has 0 aromatic carbocycles. The average Bonchev–Trinajstić information content (AvgIpc) is 2.54. The van der Waals surface area contributed by atoms with Gasteiger partial charge in [0.15, 0.2) is 0 Å². The number of nitrogens with one attached hydrogen (secondary N) is 1. The Kier molecular flexibility index (Phi) is 3.66. The van der Waals surface area contributed by atoms with Gasteiger partial charge < -0.3 is 10.2 Å². The molecule has 1 aliphatic heterocycles. The van der Waals surface area contributed by atoms with E-state index in [0.29, 0.717) is 26.1 Å². The Labute approximate surface area is 78.3 Å². The van der Waals surface area contributed by atoms with E-state index in [1.165, 1.54) is 0 Å². The number of halogens is 1. The maximum atomic E-state index is 12.8. The molecule has 3 nitrogen and oxygen atoms in total. The summed E-state index contributed by atoms with van der Waals surface area (Å²) in [5.41, 5.74) is 0. The summed E-state index contributed by atoms with van der Waals surface area (Å²) in [4.78, 5) is 13.4. The highest BCUT2D eigenvalue weighted by molar-refractivity contribution is 5.82. The fourth-order valence-corrected chi connectivity index (χ4v) is 1.64. The molecule has 0 radical (unpaired) electrons. The van der Waals surface area contributed by atoms with E-state index in [0.717, 1.165) is 0 Å². The summed E-state index contributed by atoms with van der Waals surface area (Å²) in [6, 6.07) is -0.296. The second kappa shape index (κ2) is 4.56. The highest BCUT2D eigenvalue weighted by atomic mass is 19.1. The van der Waals surface area contributed by atoms with E-state index in [1.54, 1.807) is 4.90 Å². The van der Waals surface area contributed by atoms with Gasteiger partial charge in [0.2, 0.25) is 5.91 Å². The van der Waals surface area contributed by atoms with Crippen molar-refractivity contribution in [3.05, 3.63) is 0 Å². The van der Waals surface area contributed by atoms with Crippen molar-refractivity contribution in [1.29, 1.82) is 0 Å². The number of nitrogens with zero attached hydrogens (tertiary/aromatic N) is 1. The Balaban J connectivity index is 2.47. The topological polar surface area (TPSA) is 32.3 Å². The van der Waals surface area contributed by atoms with E-state index in [2.05, 4.69) is 5.32 Å². The van der Waals surface area contributed by atoms with E-state index in [1.807, 2.05) is 13.8 Å². The standard InChI is InChI=1S/C9H17FN2O/c1-3-12(4-2)9(13)8-5-7(10)6-11-8/h7-8,11H,3-6H2,1-2H3/t7-,8+/m1/s1. The van der Waals surface area contributed by atoms with Crippen molar-refractivity contribution in [2.75, 3.05) is 19.6 Å². The van der Waals surface area contributed by atoms with Crippen molar-refractivity contribution in [3.8, 4) is 0 Å². The van der Waals surface area contributed by atoms with Gasteiger partial charge in [-0.25, -0.2) is 4.39 Å². The fourth-order valence-electron chi connectivity index (χ4n) is 1.64. The highest BCUT2D eigenvalue weighted by Gasteiger charge is 2.31. The molecule has 76 valence electrons. The van der Waals surface area contributed by atoms with Crippen molar-refractivity contribution in [2.24, 2.45) is 0 Å². The Morgan fingerprint density at radius 1 is 1.54 bits per heavy atom. The summed E-state index contributed by atoms with van der Waals surface area (Å²) < 4.78 is 12.8. The van der Waals surface area contributed by atoms with Gasteiger partial charge in [-0.1, -0.05) is 0 Å². The summed E-state index contributed by atoms with van der Waals surface area (Å²) >= 11 is 0. The third kappa shape index (κ3) is 2.40. The first-order chi connectivity index (χ1) is 6.19. The van der Waals surface area contributed by atoms with Crippen LogP contribution in [-0.4, -0.2) is 42.7 Å². The summed E-state index contributed by atoms with van der Waals surface area (Å²) in [7, 11) is 0. The number of amides is 1. The van der Waals surface area contributed by atoms with Gasteiger partial charge in [0, 0.05) is 26.1 Å². The monoisotopic (exact) mass is 188 g/mol. The minimum absolute atomic E-state index is 0.0325. The smallest absolute Gasteiger partial charge is 0.239 e. The van der Waals surface area contributed by atoms with Crippen LogP contribution in [-0.2, 0) is 4.79 Å². The number of rotatable bonds is 3. The van der Waals surface area contributed by atoms with E-state index in [-0.39, 0.29) is 11.9 Å². The maximum absolute atomic E-state index is 12.8. The first-order valence-corrected chi connectivity index (χ1v) is 4.85. The van der Waals surface area contributed by atoms with Crippen molar-refractivity contribution >= 4 is 5.91 Å². The van der Waals surface area contributed by atoms with Crippen molar-refractivity contribution in [3.63, 3.8) is 0 Å². The molecule has 1 heterocycles. The molecule has 1 amide bonds. The molecule has 1 saturated heterocycles. The van der Waals surface area contributed by atoms with Crippen LogP contribution in [0.15, 0.2) is 0 Å². The van der Waals surface area contributed by atoms with Crippen LogP contribution in [0.2, 0.25) is 0 Å². The molecule has 0 aromatic heterocycles. The van der Waals surface area contributed by atoms with E-state index in [4.69, 9.17) is 0 Å². The van der Waals surface area contributed by atoms with Crippen LogP contribution in [0, 0.1) is 0 Å². The molecule has 1 N–H and O–H groups in total. The second-order valence-corrected chi connectivity index (χ2v) is 3.30. The molecule has 0 aliphatic carbocycles. The molecule has 2 atom stereocenters. The first-order valence-electron chi connectivity index (χ1n) is 4.85. The summed E-state index contributed by atoms with van der Waals surface area (Å²) in [5.74, 6) is 0.0325. The van der Waals surface area contributed by atoms with Crippen molar-refractivity contribution < 1.29 is 9.18 Å². The molecule has 0 bridgehead atoms. The molecule has 1 aliphatic rings. The van der Waals surface area contributed by atoms with E-state index in [9.17, 15) is 9.18 Å². The van der Waals surface area contributed by atoms with Gasteiger partial charge in [-0.2, -0.15) is 0 Å². The van der Waals surface area contributed by atoms with E-state index < -0.39 is 6.17 Å². The summed E-state index contributed by atoms with van der Waals surface area (Å²) in [6.07, 6.45) is -0.528. The van der Waals surface area contributed by atoms with Crippen LogP contribution in [0.4, 0.5) is 4.39 Å². The van der Waals surface area contributed by atoms with Crippen LogP contribution < -0.4 is 5.32 Å². The molecule has 0 spiro atoms. The maximum Gasteiger partial charge on any atom is 0.239 e. The summed E-state index contributed by atoms with van der Waals surface area (Å²) in [5, 5.41) is 2.89. The molecule has 4 heteroatoms. The fraction of sp³-hybridized carbons (Fsp3) is 0.889. The lowest BCUT2D eigenvalue weighted by Crippen LogP contribution is -2.43. The van der Waals surface area contributed by atoms with Crippen LogP contribution in [0.25, 0.3) is 0 Å². The number of hydrogen-bond donors (Lipinski definition) is 1. The first kappa shape index (κ1) is 10.4. The van der Waals surface area contributed by atoms with Gasteiger partial charge in [0.1, 0.15) is 6.17 Å². The minimum atomic E-state index is -0.857. The average molecular weight is 188 g/mol. The number of carbonyl (C=O) groups excluding carboxylic acids is 1. The highest BCUT2D eigenvalue weighted by Crippen LogP contribution is 2.12. The molecule has 1 rings (SSSR count). The van der Waals surface area contributed by atoms with Gasteiger partial charge in [-0.3, -0.25) is 4.79 Å². The normalized spacial score (nSPS) is 27.6. The Hall–Kier alpha value is -0.640. The second-order valence-electron chi connectivity index (χ2n) is 3.30. The number of likely N-dealkylation sites (N-methyl/N-ethyl adjacent to an activating group) is 1. The Bertz CT molecular complexity index is 182. The number of alkyl halides is 1. The zero-order valence-electron chi connectivity index (χ0n) is 8.22. The van der Waals surface area contributed by atoms with Crippen molar-refractivity contribution in [2.45, 2.75) is 32.5 Å². The quantitative estimate of drug-likeness (QED) is 0.701.